The Balaban J connectivity index is 1.55. The fraction of sp³-hybridized carbons (Fsp3) is 0.773. The van der Waals surface area contributed by atoms with Crippen LogP contribution in [0.3, 0.4) is 0 Å². The number of nitrogens with two attached hydrogens (primary N) is 1. The molecule has 1 aliphatic heterocycles. The Labute approximate surface area is 192 Å². The number of hydrogen-bond acceptors (Lipinski definition) is 7. The van der Waals surface area contributed by atoms with E-state index < -0.39 is 41.0 Å². The molecular formula is C22H34N6O5. The van der Waals surface area contributed by atoms with Crippen LogP contribution in [-0.4, -0.2) is 78.7 Å². The minimum absolute atomic E-state index is 0.0104. The summed E-state index contributed by atoms with van der Waals surface area (Å²) in [6.07, 6.45) is 3.63. The Hall–Kier alpha value is -2.53. The van der Waals surface area contributed by atoms with Gasteiger partial charge in [-0.2, -0.15) is 0 Å². The van der Waals surface area contributed by atoms with Gasteiger partial charge in [-0.15, -0.1) is 5.10 Å². The van der Waals surface area contributed by atoms with Crippen molar-refractivity contribution in [2.75, 3.05) is 13.2 Å². The van der Waals surface area contributed by atoms with Gasteiger partial charge in [0.1, 0.15) is 17.6 Å². The minimum atomic E-state index is -1.23. The molecule has 2 saturated carbocycles. The minimum Gasteiger partial charge on any atom is -0.396 e. The Kier molecular flexibility index (Phi) is 5.98. The van der Waals surface area contributed by atoms with Crippen LogP contribution >= 0.6 is 0 Å². The second kappa shape index (κ2) is 8.35. The number of aromatic nitrogens is 3. The highest BCUT2D eigenvalue weighted by atomic mass is 16.3. The molecule has 3 atom stereocenters. The highest BCUT2D eigenvalue weighted by Gasteiger charge is 2.52. The first kappa shape index (κ1) is 23.6. The quantitative estimate of drug-likeness (QED) is 0.422. The summed E-state index contributed by atoms with van der Waals surface area (Å²) in [7, 11) is 0. The fourth-order valence-corrected chi connectivity index (χ4v) is 5.07. The van der Waals surface area contributed by atoms with Crippen LogP contribution in [0.4, 0.5) is 0 Å². The third-order valence-corrected chi connectivity index (χ3v) is 7.07. The molecule has 4 rings (SSSR count). The third-order valence-electron chi connectivity index (χ3n) is 7.07. The first-order chi connectivity index (χ1) is 15.4. The van der Waals surface area contributed by atoms with Crippen LogP contribution in [0.2, 0.25) is 0 Å². The largest absolute Gasteiger partial charge is 0.396 e. The monoisotopic (exact) mass is 462 g/mol. The maximum atomic E-state index is 13.8. The number of likely N-dealkylation sites (tertiary alicyclic amines) is 1. The van der Waals surface area contributed by atoms with Gasteiger partial charge >= 0.3 is 0 Å². The number of amides is 3. The molecule has 5 N–H and O–H groups in total. The summed E-state index contributed by atoms with van der Waals surface area (Å²) < 4.78 is 1.57. The summed E-state index contributed by atoms with van der Waals surface area (Å²) in [4.78, 5) is 40.4. The average Bonchev–Trinajstić information content (AvgIpc) is 3.30. The highest BCUT2D eigenvalue weighted by molar-refractivity contribution is 5.95. The molecule has 0 spiro atoms. The molecule has 182 valence electrons. The molecule has 2 heterocycles. The van der Waals surface area contributed by atoms with Crippen LogP contribution in [0.15, 0.2) is 6.20 Å². The van der Waals surface area contributed by atoms with E-state index in [1.807, 2.05) is 20.8 Å². The normalized spacial score (nSPS) is 30.6. The zero-order chi connectivity index (χ0) is 24.1. The zero-order valence-electron chi connectivity index (χ0n) is 19.4. The van der Waals surface area contributed by atoms with Crippen LogP contribution in [0, 0.1) is 11.3 Å². The lowest BCUT2D eigenvalue weighted by molar-refractivity contribution is -0.147. The first-order valence-electron chi connectivity index (χ1n) is 11.6. The Morgan fingerprint density at radius 1 is 1.30 bits per heavy atom. The number of nitrogens with one attached hydrogen (secondary N) is 1. The number of rotatable bonds is 7. The Morgan fingerprint density at radius 2 is 1.97 bits per heavy atom. The Morgan fingerprint density at radius 3 is 2.52 bits per heavy atom. The van der Waals surface area contributed by atoms with Gasteiger partial charge in [0.2, 0.25) is 17.7 Å². The maximum absolute atomic E-state index is 13.8. The van der Waals surface area contributed by atoms with Crippen LogP contribution in [-0.2, 0) is 14.4 Å². The van der Waals surface area contributed by atoms with Crippen LogP contribution < -0.4 is 11.1 Å². The van der Waals surface area contributed by atoms with Gasteiger partial charge in [-0.3, -0.25) is 14.4 Å². The van der Waals surface area contributed by atoms with E-state index in [1.165, 1.54) is 4.90 Å². The number of aliphatic hydroxyl groups is 2. The lowest BCUT2D eigenvalue weighted by atomic mass is 9.68. The SMILES string of the molecule is CC(C)(C)[C@@H](C(=O)N1CC(O)CC1C(=O)NC1(C(N)=O)CC(CO)C1)n1cc(C2CC2)nn1. The van der Waals surface area contributed by atoms with Gasteiger partial charge in [0, 0.05) is 31.7 Å². The second-order valence-corrected chi connectivity index (χ2v) is 11.0. The lowest BCUT2D eigenvalue weighted by Crippen LogP contribution is -2.67. The van der Waals surface area contributed by atoms with E-state index in [1.54, 1.807) is 10.9 Å². The molecule has 1 aromatic rings. The smallest absolute Gasteiger partial charge is 0.248 e. The van der Waals surface area contributed by atoms with E-state index in [2.05, 4.69) is 15.6 Å². The number of carbonyl (C=O) groups is 3. The maximum Gasteiger partial charge on any atom is 0.248 e. The van der Waals surface area contributed by atoms with Crippen molar-refractivity contribution in [2.45, 2.75) is 82.5 Å². The molecule has 0 radical (unpaired) electrons. The summed E-state index contributed by atoms with van der Waals surface area (Å²) in [6, 6.07) is -1.65. The predicted octanol–water partition coefficient (Wildman–Crippen LogP) is -0.553. The molecule has 11 nitrogen and oxygen atoms in total. The number of hydrogen-bond donors (Lipinski definition) is 4. The van der Waals surface area contributed by atoms with Gasteiger partial charge in [-0.05, 0) is 37.0 Å². The fourth-order valence-electron chi connectivity index (χ4n) is 5.07. The summed E-state index contributed by atoms with van der Waals surface area (Å²) in [5.74, 6) is -1.25. The molecule has 33 heavy (non-hydrogen) atoms. The van der Waals surface area contributed by atoms with Crippen molar-refractivity contribution in [3.63, 3.8) is 0 Å². The molecule has 1 saturated heterocycles. The van der Waals surface area contributed by atoms with E-state index in [0.717, 1.165) is 18.5 Å². The summed E-state index contributed by atoms with van der Waals surface area (Å²) >= 11 is 0. The van der Waals surface area contributed by atoms with E-state index in [4.69, 9.17) is 5.73 Å². The Bertz CT molecular complexity index is 930. The second-order valence-electron chi connectivity index (χ2n) is 11.0. The van der Waals surface area contributed by atoms with Crippen molar-refractivity contribution in [1.29, 1.82) is 0 Å². The van der Waals surface area contributed by atoms with Crippen molar-refractivity contribution in [1.82, 2.24) is 25.2 Å². The third kappa shape index (κ3) is 4.48. The van der Waals surface area contributed by atoms with Gasteiger partial charge in [-0.25, -0.2) is 4.68 Å². The summed E-state index contributed by atoms with van der Waals surface area (Å²) in [6.45, 7) is 5.67. The average molecular weight is 463 g/mol. The lowest BCUT2D eigenvalue weighted by Gasteiger charge is -2.45. The van der Waals surface area contributed by atoms with E-state index in [-0.39, 0.29) is 44.2 Å². The first-order valence-corrected chi connectivity index (χ1v) is 11.6. The molecule has 3 amide bonds. The molecule has 2 unspecified atom stereocenters. The van der Waals surface area contributed by atoms with Gasteiger partial charge in [0.15, 0.2) is 0 Å². The zero-order valence-corrected chi connectivity index (χ0v) is 19.4. The highest BCUT2D eigenvalue weighted by Crippen LogP contribution is 2.41. The predicted molar refractivity (Wildman–Crippen MR) is 116 cm³/mol. The van der Waals surface area contributed by atoms with E-state index >= 15 is 0 Å². The number of aliphatic hydroxyl groups excluding tert-OH is 2. The number of β-amino-alcohol motifs (C(OH)–C–C–N with tert-alkyl or cyclic N) is 1. The van der Waals surface area contributed by atoms with Crippen LogP contribution in [0.25, 0.3) is 0 Å². The van der Waals surface area contributed by atoms with Gasteiger partial charge in [0.25, 0.3) is 0 Å². The molecule has 3 fully saturated rings. The van der Waals surface area contributed by atoms with Crippen LogP contribution in [0.5, 0.6) is 0 Å². The van der Waals surface area contributed by atoms with Crippen molar-refractivity contribution >= 4 is 17.7 Å². The summed E-state index contributed by atoms with van der Waals surface area (Å²) in [5.41, 5.74) is 4.64. The molecule has 11 heteroatoms. The topological polar surface area (TPSA) is 164 Å². The molecule has 2 aliphatic carbocycles. The van der Waals surface area contributed by atoms with E-state index in [9.17, 15) is 24.6 Å². The van der Waals surface area contributed by atoms with Crippen molar-refractivity contribution < 1.29 is 24.6 Å². The number of primary amides is 1. The van der Waals surface area contributed by atoms with Crippen molar-refractivity contribution in [3.05, 3.63) is 11.9 Å². The van der Waals surface area contributed by atoms with Gasteiger partial charge < -0.3 is 26.2 Å². The number of nitrogens with zero attached hydrogens (tertiary/aromatic N) is 4. The van der Waals surface area contributed by atoms with Gasteiger partial charge in [0.05, 0.1) is 11.8 Å². The van der Waals surface area contributed by atoms with Gasteiger partial charge in [-0.1, -0.05) is 26.0 Å². The molecule has 0 bridgehead atoms. The van der Waals surface area contributed by atoms with E-state index in [0.29, 0.717) is 5.92 Å². The summed E-state index contributed by atoms with van der Waals surface area (Å²) in [5, 5.41) is 30.8. The molecule has 1 aromatic heterocycles. The molecular weight excluding hydrogens is 428 g/mol. The molecule has 0 aromatic carbocycles. The van der Waals surface area contributed by atoms with Crippen LogP contribution in [0.1, 0.15) is 70.5 Å². The van der Waals surface area contributed by atoms with Crippen molar-refractivity contribution in [3.8, 4) is 0 Å². The molecule has 3 aliphatic rings. The van der Waals surface area contributed by atoms with Crippen molar-refractivity contribution in [2.24, 2.45) is 17.1 Å². The standard InChI is InChI=1S/C22H34N6O5/c1-21(2,3)17(28-10-15(25-26-28)13-4-5-13)19(32)27-9-14(30)6-16(27)18(31)24-22(20(23)33)7-12(8-22)11-29/h10,12-14,16-17,29-30H,4-9,11H2,1-3H3,(H2,23,33)(H,24,31)/t12?,14?,16?,17-,22?/m1/s1. The number of carbonyl (C=O) groups excluding carboxylic acids is 3.